The van der Waals surface area contributed by atoms with Crippen molar-refractivity contribution in [2.75, 3.05) is 33.4 Å². The Balaban J connectivity index is 2.10. The van der Waals surface area contributed by atoms with E-state index >= 15 is 0 Å². The topological polar surface area (TPSA) is 38.8 Å². The Labute approximate surface area is 132 Å². The molecule has 0 N–H and O–H groups in total. The molecule has 1 aromatic rings. The van der Waals surface area contributed by atoms with E-state index in [9.17, 15) is 9.18 Å². The van der Waals surface area contributed by atoms with Gasteiger partial charge in [-0.15, -0.1) is 0 Å². The van der Waals surface area contributed by atoms with Gasteiger partial charge in [0, 0.05) is 24.2 Å². The molecule has 7 heteroatoms. The number of amides is 1. The zero-order chi connectivity index (χ0) is 15.4. The Morgan fingerprint density at radius 2 is 2.24 bits per heavy atom. The fraction of sp³-hybridized carbons (Fsp3) is 0.500. The van der Waals surface area contributed by atoms with Gasteiger partial charge in [-0.05, 0) is 12.1 Å². The van der Waals surface area contributed by atoms with Crippen LogP contribution < -0.4 is 0 Å². The summed E-state index contributed by atoms with van der Waals surface area (Å²) in [6, 6.07) is 2.61. The van der Waals surface area contributed by atoms with Crippen LogP contribution in [0.3, 0.4) is 0 Å². The summed E-state index contributed by atoms with van der Waals surface area (Å²) >= 11 is 11.8. The molecule has 0 saturated carbocycles. The molecule has 0 aliphatic carbocycles. The summed E-state index contributed by atoms with van der Waals surface area (Å²) < 4.78 is 24.1. The number of methoxy groups -OCH3 is 1. The Bertz CT molecular complexity index is 527. The maximum absolute atomic E-state index is 13.6. The van der Waals surface area contributed by atoms with Crippen molar-refractivity contribution in [3.8, 4) is 0 Å². The van der Waals surface area contributed by atoms with Crippen molar-refractivity contribution in [1.82, 2.24) is 4.90 Å². The maximum atomic E-state index is 13.6. The van der Waals surface area contributed by atoms with Crippen LogP contribution in [0.4, 0.5) is 4.39 Å². The van der Waals surface area contributed by atoms with Gasteiger partial charge < -0.3 is 14.4 Å². The van der Waals surface area contributed by atoms with Crippen LogP contribution in [0.25, 0.3) is 0 Å². The summed E-state index contributed by atoms with van der Waals surface area (Å²) in [7, 11) is 1.55. The summed E-state index contributed by atoms with van der Waals surface area (Å²) in [6.07, 6.45) is -0.143. The van der Waals surface area contributed by atoms with Gasteiger partial charge in [0.1, 0.15) is 11.9 Å². The third-order valence-corrected chi connectivity index (χ3v) is 3.94. The van der Waals surface area contributed by atoms with Gasteiger partial charge in [-0.3, -0.25) is 4.79 Å². The molecule has 21 heavy (non-hydrogen) atoms. The van der Waals surface area contributed by atoms with E-state index in [1.807, 2.05) is 0 Å². The summed E-state index contributed by atoms with van der Waals surface area (Å²) in [5.41, 5.74) is 0.503. The predicted molar refractivity (Wildman–Crippen MR) is 78.2 cm³/mol. The van der Waals surface area contributed by atoms with Crippen LogP contribution in [0.5, 0.6) is 0 Å². The highest BCUT2D eigenvalue weighted by Crippen LogP contribution is 2.32. The quantitative estimate of drug-likeness (QED) is 0.794. The monoisotopic (exact) mass is 335 g/mol. The van der Waals surface area contributed by atoms with Gasteiger partial charge in [-0.1, -0.05) is 23.2 Å². The van der Waals surface area contributed by atoms with Crippen molar-refractivity contribution in [2.24, 2.45) is 0 Å². The third kappa shape index (κ3) is 4.07. The van der Waals surface area contributed by atoms with Crippen LogP contribution in [-0.4, -0.2) is 44.2 Å². The fourth-order valence-electron chi connectivity index (χ4n) is 2.20. The number of hydrogen-bond donors (Lipinski definition) is 0. The lowest BCUT2D eigenvalue weighted by Gasteiger charge is -2.33. The molecule has 1 amide bonds. The number of benzene rings is 1. The molecule has 1 atom stereocenters. The second-order valence-electron chi connectivity index (χ2n) is 4.73. The predicted octanol–water partition coefficient (Wildman–Crippen LogP) is 3.07. The Morgan fingerprint density at radius 1 is 1.48 bits per heavy atom. The van der Waals surface area contributed by atoms with E-state index in [0.717, 1.165) is 0 Å². The third-order valence-electron chi connectivity index (χ3n) is 3.33. The number of carbonyl (C=O) groups is 1. The SMILES string of the molecule is COCCC(=O)N1CCOC(c2cc(F)c(Cl)cc2Cl)C1. The van der Waals surface area contributed by atoms with E-state index in [0.29, 0.717) is 43.3 Å². The summed E-state index contributed by atoms with van der Waals surface area (Å²) in [5, 5.41) is 0.296. The smallest absolute Gasteiger partial charge is 0.225 e. The van der Waals surface area contributed by atoms with Gasteiger partial charge in [0.05, 0.1) is 31.2 Å². The second kappa shape index (κ2) is 7.40. The first-order chi connectivity index (χ1) is 10.0. The van der Waals surface area contributed by atoms with Crippen molar-refractivity contribution in [2.45, 2.75) is 12.5 Å². The lowest BCUT2D eigenvalue weighted by molar-refractivity contribution is -0.139. The molecule has 1 aliphatic heterocycles. The van der Waals surface area contributed by atoms with Crippen LogP contribution in [-0.2, 0) is 14.3 Å². The van der Waals surface area contributed by atoms with Crippen LogP contribution in [0.2, 0.25) is 10.0 Å². The van der Waals surface area contributed by atoms with Crippen molar-refractivity contribution in [1.29, 1.82) is 0 Å². The first-order valence-electron chi connectivity index (χ1n) is 6.55. The molecule has 1 aliphatic rings. The molecule has 4 nitrogen and oxygen atoms in total. The lowest BCUT2D eigenvalue weighted by Crippen LogP contribution is -2.42. The average Bonchev–Trinajstić information content (AvgIpc) is 2.48. The number of morpholine rings is 1. The molecule has 116 valence electrons. The van der Waals surface area contributed by atoms with Crippen molar-refractivity contribution in [3.05, 3.63) is 33.6 Å². The minimum atomic E-state index is -0.553. The molecule has 2 rings (SSSR count). The molecule has 0 radical (unpaired) electrons. The molecule has 0 bridgehead atoms. The van der Waals surface area contributed by atoms with Gasteiger partial charge in [-0.2, -0.15) is 0 Å². The van der Waals surface area contributed by atoms with Crippen LogP contribution in [0.15, 0.2) is 12.1 Å². The molecular weight excluding hydrogens is 320 g/mol. The van der Waals surface area contributed by atoms with Crippen molar-refractivity contribution < 1.29 is 18.7 Å². The van der Waals surface area contributed by atoms with E-state index in [-0.39, 0.29) is 10.9 Å². The molecule has 1 aromatic carbocycles. The summed E-state index contributed by atoms with van der Waals surface area (Å²) in [6.45, 7) is 1.59. The van der Waals surface area contributed by atoms with Gasteiger partial charge in [-0.25, -0.2) is 4.39 Å². The van der Waals surface area contributed by atoms with E-state index in [4.69, 9.17) is 32.7 Å². The molecular formula is C14H16Cl2FNO3. The van der Waals surface area contributed by atoms with Crippen LogP contribution >= 0.6 is 23.2 Å². The molecule has 1 fully saturated rings. The first-order valence-corrected chi connectivity index (χ1v) is 7.31. The Kier molecular flexibility index (Phi) is 5.81. The number of nitrogens with zero attached hydrogens (tertiary/aromatic N) is 1. The molecule has 0 aromatic heterocycles. The molecule has 1 saturated heterocycles. The minimum Gasteiger partial charge on any atom is -0.384 e. The largest absolute Gasteiger partial charge is 0.384 e. The number of rotatable bonds is 4. The first kappa shape index (κ1) is 16.5. The van der Waals surface area contributed by atoms with Gasteiger partial charge >= 0.3 is 0 Å². The zero-order valence-corrected chi connectivity index (χ0v) is 13.1. The minimum absolute atomic E-state index is 0.0179. The molecule has 1 heterocycles. The molecule has 1 unspecified atom stereocenters. The lowest BCUT2D eigenvalue weighted by atomic mass is 10.1. The summed E-state index contributed by atoms with van der Waals surface area (Å²) in [4.78, 5) is 13.7. The number of hydrogen-bond acceptors (Lipinski definition) is 3. The normalized spacial score (nSPS) is 18.9. The van der Waals surface area contributed by atoms with E-state index < -0.39 is 11.9 Å². The zero-order valence-electron chi connectivity index (χ0n) is 11.6. The highest BCUT2D eigenvalue weighted by molar-refractivity contribution is 6.35. The number of ether oxygens (including phenoxy) is 2. The van der Waals surface area contributed by atoms with E-state index in [1.54, 1.807) is 12.0 Å². The maximum Gasteiger partial charge on any atom is 0.225 e. The number of carbonyl (C=O) groups excluding carboxylic acids is 1. The Hall–Kier alpha value is -0.880. The van der Waals surface area contributed by atoms with Crippen molar-refractivity contribution in [3.63, 3.8) is 0 Å². The van der Waals surface area contributed by atoms with E-state index in [1.165, 1.54) is 12.1 Å². The van der Waals surface area contributed by atoms with Gasteiger partial charge in [0.25, 0.3) is 0 Å². The van der Waals surface area contributed by atoms with Gasteiger partial charge in [0.2, 0.25) is 5.91 Å². The number of halogens is 3. The van der Waals surface area contributed by atoms with Crippen LogP contribution in [0.1, 0.15) is 18.1 Å². The van der Waals surface area contributed by atoms with Crippen molar-refractivity contribution >= 4 is 29.1 Å². The highest BCUT2D eigenvalue weighted by atomic mass is 35.5. The highest BCUT2D eigenvalue weighted by Gasteiger charge is 2.27. The fourth-order valence-corrected chi connectivity index (χ4v) is 2.70. The van der Waals surface area contributed by atoms with Gasteiger partial charge in [0.15, 0.2) is 0 Å². The Morgan fingerprint density at radius 3 is 2.95 bits per heavy atom. The summed E-state index contributed by atoms with van der Waals surface area (Å²) in [5.74, 6) is -0.571. The molecule has 0 spiro atoms. The second-order valence-corrected chi connectivity index (χ2v) is 5.54. The van der Waals surface area contributed by atoms with E-state index in [2.05, 4.69) is 0 Å². The van der Waals surface area contributed by atoms with Crippen LogP contribution in [0, 0.1) is 5.82 Å². The average molecular weight is 336 g/mol. The standard InChI is InChI=1S/C14H16Cl2FNO3/c1-20-4-2-14(19)18-3-5-21-13(8-18)9-6-12(17)11(16)7-10(9)15/h6-7,13H,2-5,8H2,1H3.